The number of ether oxygens (including phenoxy) is 1. The largest absolute Gasteiger partial charge is 0.508 e. The van der Waals surface area contributed by atoms with Crippen LogP contribution in [0.3, 0.4) is 0 Å². The number of carbonyl (C=O) groups excluding carboxylic acids is 1. The maximum atomic E-state index is 12.7. The van der Waals surface area contributed by atoms with Gasteiger partial charge in [-0.3, -0.25) is 4.79 Å². The Kier molecular flexibility index (Phi) is 5.73. The number of carbonyl (C=O) groups is 1. The van der Waals surface area contributed by atoms with Crippen LogP contribution in [0.1, 0.15) is 22.3 Å². The maximum absolute atomic E-state index is 12.7. The molecule has 4 rings (SSSR count). The molecule has 3 aromatic rings. The van der Waals surface area contributed by atoms with Crippen molar-refractivity contribution in [2.75, 3.05) is 0 Å². The SMILES string of the molecule is O=C(c1ccc(O)cc1)c1ccc(OC2C=CC(S(=O)(=O)c3ccccc3)=CC2)cc1. The fraction of sp³-hybridized carbons (Fsp3) is 0.0800. The van der Waals surface area contributed by atoms with Crippen LogP contribution in [-0.4, -0.2) is 25.4 Å². The Morgan fingerprint density at radius 3 is 2.06 bits per heavy atom. The Hall–Kier alpha value is -3.64. The normalized spacial score (nSPS) is 15.9. The zero-order valence-corrected chi connectivity index (χ0v) is 17.3. The van der Waals surface area contributed by atoms with Crippen molar-refractivity contribution in [2.45, 2.75) is 17.4 Å². The lowest BCUT2D eigenvalue weighted by Gasteiger charge is -2.18. The second-order valence-electron chi connectivity index (χ2n) is 7.07. The number of ketones is 1. The molecule has 0 saturated heterocycles. The van der Waals surface area contributed by atoms with Gasteiger partial charge in [-0.2, -0.15) is 0 Å². The molecule has 1 aliphatic carbocycles. The molecule has 1 N–H and O–H groups in total. The Labute approximate surface area is 180 Å². The van der Waals surface area contributed by atoms with Crippen LogP contribution in [0.25, 0.3) is 0 Å². The average molecular weight is 432 g/mol. The minimum Gasteiger partial charge on any atom is -0.508 e. The second-order valence-corrected chi connectivity index (χ2v) is 9.02. The highest BCUT2D eigenvalue weighted by Gasteiger charge is 2.22. The Balaban J connectivity index is 1.40. The predicted octanol–water partition coefficient (Wildman–Crippen LogP) is 4.69. The molecule has 1 unspecified atom stereocenters. The van der Waals surface area contributed by atoms with Crippen molar-refractivity contribution < 1.29 is 23.1 Å². The molecule has 1 atom stereocenters. The fourth-order valence-electron chi connectivity index (χ4n) is 3.24. The van der Waals surface area contributed by atoms with Crippen molar-refractivity contribution in [1.29, 1.82) is 0 Å². The molecular formula is C25H20O5S. The molecule has 0 amide bonds. The number of sulfone groups is 1. The monoisotopic (exact) mass is 432 g/mol. The van der Waals surface area contributed by atoms with E-state index in [1.807, 2.05) is 0 Å². The summed E-state index contributed by atoms with van der Waals surface area (Å²) in [7, 11) is -3.54. The van der Waals surface area contributed by atoms with Crippen LogP contribution in [0.15, 0.2) is 107 Å². The van der Waals surface area contributed by atoms with Crippen LogP contribution in [-0.2, 0) is 9.84 Å². The average Bonchev–Trinajstić information content (AvgIpc) is 2.81. The Morgan fingerprint density at radius 1 is 0.871 bits per heavy atom. The molecule has 0 fully saturated rings. The van der Waals surface area contributed by atoms with E-state index in [4.69, 9.17) is 4.74 Å². The van der Waals surface area contributed by atoms with Gasteiger partial charge < -0.3 is 9.84 Å². The van der Waals surface area contributed by atoms with Gasteiger partial charge in [-0.15, -0.1) is 0 Å². The number of rotatable bonds is 6. The van der Waals surface area contributed by atoms with Gasteiger partial charge in [0.15, 0.2) is 5.78 Å². The van der Waals surface area contributed by atoms with Gasteiger partial charge in [0.2, 0.25) is 9.84 Å². The van der Waals surface area contributed by atoms with Crippen LogP contribution in [0.4, 0.5) is 0 Å². The van der Waals surface area contributed by atoms with E-state index >= 15 is 0 Å². The minimum atomic E-state index is -3.54. The summed E-state index contributed by atoms with van der Waals surface area (Å²) in [5.41, 5.74) is 0.993. The van der Waals surface area contributed by atoms with Crippen molar-refractivity contribution >= 4 is 15.6 Å². The van der Waals surface area contributed by atoms with Crippen LogP contribution in [0, 0.1) is 0 Å². The smallest absolute Gasteiger partial charge is 0.206 e. The van der Waals surface area contributed by atoms with E-state index in [-0.39, 0.29) is 27.4 Å². The standard InChI is InChI=1S/C25H20O5S/c26-20-10-6-18(7-11-20)25(27)19-8-12-21(13-9-19)30-22-14-16-24(17-15-22)31(28,29)23-4-2-1-3-5-23/h1-14,16-17,22,26H,15H2. The molecule has 0 aromatic heterocycles. The predicted molar refractivity (Wildman–Crippen MR) is 118 cm³/mol. The lowest BCUT2D eigenvalue weighted by molar-refractivity contribution is 0.103. The summed E-state index contributed by atoms with van der Waals surface area (Å²) in [6, 6.07) is 21.2. The number of allylic oxidation sites excluding steroid dienone is 1. The molecule has 156 valence electrons. The highest BCUT2D eigenvalue weighted by atomic mass is 32.2. The zero-order chi connectivity index (χ0) is 21.8. The Bertz CT molecular complexity index is 1240. The van der Waals surface area contributed by atoms with E-state index in [2.05, 4.69) is 0 Å². The molecule has 5 nitrogen and oxygen atoms in total. The van der Waals surface area contributed by atoms with Gasteiger partial charge in [0, 0.05) is 17.5 Å². The van der Waals surface area contributed by atoms with Gasteiger partial charge in [-0.05, 0) is 72.8 Å². The van der Waals surface area contributed by atoms with Crippen LogP contribution < -0.4 is 4.74 Å². The molecule has 0 aliphatic heterocycles. The van der Waals surface area contributed by atoms with E-state index in [0.717, 1.165) is 0 Å². The fourth-order valence-corrected chi connectivity index (χ4v) is 4.60. The topological polar surface area (TPSA) is 80.7 Å². The third kappa shape index (κ3) is 4.59. The minimum absolute atomic E-state index is 0.106. The van der Waals surface area contributed by atoms with Gasteiger partial charge >= 0.3 is 0 Å². The molecule has 0 bridgehead atoms. The molecular weight excluding hydrogens is 412 g/mol. The van der Waals surface area contributed by atoms with Crippen molar-refractivity contribution in [2.24, 2.45) is 0 Å². The number of hydrogen-bond acceptors (Lipinski definition) is 5. The molecule has 0 spiro atoms. The van der Waals surface area contributed by atoms with E-state index in [9.17, 15) is 18.3 Å². The third-order valence-corrected chi connectivity index (χ3v) is 6.74. The summed E-state index contributed by atoms with van der Waals surface area (Å²) in [4.78, 5) is 13.0. The van der Waals surface area contributed by atoms with E-state index in [1.165, 1.54) is 12.1 Å². The van der Waals surface area contributed by atoms with Gasteiger partial charge in [0.25, 0.3) is 0 Å². The summed E-state index contributed by atoms with van der Waals surface area (Å²) >= 11 is 0. The number of phenols is 1. The maximum Gasteiger partial charge on any atom is 0.206 e. The van der Waals surface area contributed by atoms with Crippen molar-refractivity contribution in [3.8, 4) is 11.5 Å². The summed E-state index contributed by atoms with van der Waals surface area (Å²) in [6.45, 7) is 0. The van der Waals surface area contributed by atoms with Gasteiger partial charge in [0.1, 0.15) is 17.6 Å². The summed E-state index contributed by atoms with van der Waals surface area (Å²) in [5, 5.41) is 9.35. The van der Waals surface area contributed by atoms with Crippen LogP contribution in [0.2, 0.25) is 0 Å². The first-order valence-electron chi connectivity index (χ1n) is 9.72. The van der Waals surface area contributed by atoms with E-state index in [0.29, 0.717) is 23.3 Å². The zero-order valence-electron chi connectivity index (χ0n) is 16.5. The molecule has 0 saturated carbocycles. The number of hydrogen-bond donors (Lipinski definition) is 1. The first kappa shape index (κ1) is 20.6. The van der Waals surface area contributed by atoms with Crippen LogP contribution in [0.5, 0.6) is 11.5 Å². The van der Waals surface area contributed by atoms with Crippen molar-refractivity contribution in [1.82, 2.24) is 0 Å². The molecule has 0 radical (unpaired) electrons. The highest BCUT2D eigenvalue weighted by Crippen LogP contribution is 2.26. The molecule has 1 aliphatic rings. The first-order chi connectivity index (χ1) is 14.9. The van der Waals surface area contributed by atoms with E-state index in [1.54, 1.807) is 85.0 Å². The van der Waals surface area contributed by atoms with Crippen LogP contribution >= 0.6 is 0 Å². The number of phenolic OH excluding ortho intramolecular Hbond substituents is 1. The molecule has 6 heteroatoms. The molecule has 0 heterocycles. The van der Waals surface area contributed by atoms with Crippen molar-refractivity contribution in [3.05, 3.63) is 113 Å². The lowest BCUT2D eigenvalue weighted by Crippen LogP contribution is -2.17. The van der Waals surface area contributed by atoms with Gasteiger partial charge in [0.05, 0.1) is 9.80 Å². The summed E-state index contributed by atoms with van der Waals surface area (Å²) in [5.74, 6) is 0.539. The number of aromatic hydroxyl groups is 1. The second kappa shape index (κ2) is 8.62. The quantitative estimate of drug-likeness (QED) is 0.572. The first-order valence-corrected chi connectivity index (χ1v) is 11.2. The number of benzene rings is 3. The summed E-state index contributed by atoms with van der Waals surface area (Å²) < 4.78 is 31.3. The van der Waals surface area contributed by atoms with E-state index < -0.39 is 9.84 Å². The molecule has 31 heavy (non-hydrogen) atoms. The highest BCUT2D eigenvalue weighted by molar-refractivity contribution is 7.95. The van der Waals surface area contributed by atoms with Gasteiger partial charge in [-0.1, -0.05) is 24.3 Å². The Morgan fingerprint density at radius 2 is 1.48 bits per heavy atom. The lowest BCUT2D eigenvalue weighted by atomic mass is 10.0. The third-order valence-electron chi connectivity index (χ3n) is 4.92. The van der Waals surface area contributed by atoms with Gasteiger partial charge in [-0.25, -0.2) is 8.42 Å². The molecule has 3 aromatic carbocycles. The van der Waals surface area contributed by atoms with Crippen molar-refractivity contribution in [3.63, 3.8) is 0 Å². The summed E-state index contributed by atoms with van der Waals surface area (Å²) in [6.07, 6.45) is 5.08.